The van der Waals surface area contributed by atoms with Gasteiger partial charge in [-0.1, -0.05) is 11.3 Å². The Morgan fingerprint density at radius 1 is 1.02 bits per heavy atom. The van der Waals surface area contributed by atoms with Crippen LogP contribution in [0.15, 0.2) is 54.7 Å². The number of halogens is 4. The summed E-state index contributed by atoms with van der Waals surface area (Å²) in [5, 5.41) is 5.93. The van der Waals surface area contributed by atoms with Gasteiger partial charge in [0, 0.05) is 19.0 Å². The predicted molar refractivity (Wildman–Crippen MR) is 158 cm³/mol. The lowest BCUT2D eigenvalue weighted by atomic mass is 9.95. The molecule has 0 fully saturated rings. The molecular weight excluding hydrogens is 615 g/mol. The molecule has 4 heterocycles. The molecule has 2 aliphatic heterocycles. The predicted octanol–water partition coefficient (Wildman–Crippen LogP) is 4.38. The molecule has 1 N–H and O–H groups in total. The number of rotatable bonds is 9. The summed E-state index contributed by atoms with van der Waals surface area (Å²) in [6.07, 6.45) is 1.32. The second-order valence-electron chi connectivity index (χ2n) is 10.6. The van der Waals surface area contributed by atoms with Crippen LogP contribution in [-0.2, 0) is 19.1 Å². The standard InChI is InChI=1S/C32H29F3N3O4S.ClH/c1-39-26-8-5-19-13-25-22-16-28-27(41-18-42-28)14-20(22)9-11-38(25)17-23(19)30(26)40-12-4-2-3-10-36-31-37-24-7-6-21(32(33,34)35)15-29(24)43-31;/h5-8,13-17H,2-4,9-12,18H2,1H3,(H,36,37);1H/q+1;/p-1. The van der Waals surface area contributed by atoms with Crippen molar-refractivity contribution in [1.29, 1.82) is 0 Å². The molecule has 3 aromatic carbocycles. The number of nitrogens with zero attached hydrogens (tertiary/aromatic N) is 2. The molecule has 0 unspecified atom stereocenters. The number of anilines is 1. The first kappa shape index (κ1) is 30.1. The van der Waals surface area contributed by atoms with Crippen LogP contribution in [-0.4, -0.2) is 32.0 Å². The van der Waals surface area contributed by atoms with E-state index in [0.717, 1.165) is 83.6 Å². The molecule has 2 aromatic heterocycles. The number of thiazole rings is 1. The van der Waals surface area contributed by atoms with Crippen molar-refractivity contribution in [3.63, 3.8) is 0 Å². The monoisotopic (exact) mass is 643 g/mol. The number of unbranched alkanes of at least 4 members (excludes halogenated alkanes) is 2. The van der Waals surface area contributed by atoms with E-state index in [1.165, 1.54) is 23.0 Å². The van der Waals surface area contributed by atoms with Crippen molar-refractivity contribution in [3.05, 3.63) is 65.9 Å². The van der Waals surface area contributed by atoms with Crippen LogP contribution in [0.5, 0.6) is 23.0 Å². The molecule has 0 saturated carbocycles. The number of aromatic nitrogens is 2. The number of benzene rings is 3. The fourth-order valence-electron chi connectivity index (χ4n) is 5.66. The number of ether oxygens (including phenoxy) is 4. The third kappa shape index (κ3) is 5.78. The van der Waals surface area contributed by atoms with Crippen LogP contribution in [0, 0.1) is 0 Å². The van der Waals surface area contributed by atoms with Crippen molar-refractivity contribution < 1.29 is 49.1 Å². The lowest BCUT2D eigenvalue weighted by Gasteiger charge is -2.18. The van der Waals surface area contributed by atoms with E-state index in [4.69, 9.17) is 18.9 Å². The summed E-state index contributed by atoms with van der Waals surface area (Å²) in [6.45, 7) is 2.31. The Hall–Kier alpha value is -3.96. The van der Waals surface area contributed by atoms with Crippen molar-refractivity contribution in [1.82, 2.24) is 4.98 Å². The van der Waals surface area contributed by atoms with Gasteiger partial charge in [-0.15, -0.1) is 0 Å². The Kier molecular flexibility index (Phi) is 8.34. The van der Waals surface area contributed by atoms with Gasteiger partial charge in [0.2, 0.25) is 12.5 Å². The topological polar surface area (TPSA) is 65.7 Å². The molecule has 2 aliphatic rings. The van der Waals surface area contributed by atoms with E-state index >= 15 is 0 Å². The highest BCUT2D eigenvalue weighted by Gasteiger charge is 2.31. The summed E-state index contributed by atoms with van der Waals surface area (Å²) in [6, 6.07) is 14.0. The first-order chi connectivity index (χ1) is 20.9. The van der Waals surface area contributed by atoms with Crippen LogP contribution >= 0.6 is 11.3 Å². The summed E-state index contributed by atoms with van der Waals surface area (Å²) in [5.74, 6) is 3.01. The Morgan fingerprint density at radius 3 is 2.68 bits per heavy atom. The second-order valence-corrected chi connectivity index (χ2v) is 11.6. The molecule has 0 aliphatic carbocycles. The van der Waals surface area contributed by atoms with E-state index in [1.54, 1.807) is 7.11 Å². The molecule has 0 saturated heterocycles. The van der Waals surface area contributed by atoms with Crippen molar-refractivity contribution in [2.75, 3.05) is 32.4 Å². The Balaban J connectivity index is 0.00000343. The molecule has 12 heteroatoms. The van der Waals surface area contributed by atoms with Gasteiger partial charge in [0.1, 0.15) is 0 Å². The van der Waals surface area contributed by atoms with Crippen molar-refractivity contribution in [2.45, 2.75) is 38.4 Å². The average molecular weight is 644 g/mol. The molecule has 0 spiro atoms. The van der Waals surface area contributed by atoms with Gasteiger partial charge in [0.25, 0.3) is 0 Å². The summed E-state index contributed by atoms with van der Waals surface area (Å²) in [7, 11) is 1.65. The fraction of sp³-hybridized carbons (Fsp3) is 0.312. The van der Waals surface area contributed by atoms with Gasteiger partial charge in [-0.2, -0.15) is 17.7 Å². The van der Waals surface area contributed by atoms with Crippen molar-refractivity contribution >= 4 is 37.5 Å². The van der Waals surface area contributed by atoms with E-state index in [1.807, 2.05) is 6.07 Å². The summed E-state index contributed by atoms with van der Waals surface area (Å²) in [5.41, 5.74) is 3.44. The molecule has 0 radical (unpaired) electrons. The van der Waals surface area contributed by atoms with Crippen LogP contribution in [0.4, 0.5) is 18.3 Å². The van der Waals surface area contributed by atoms with E-state index in [-0.39, 0.29) is 19.2 Å². The number of methoxy groups -OCH3 is 1. The highest BCUT2D eigenvalue weighted by atomic mass is 35.5. The molecule has 7 nitrogen and oxygen atoms in total. The highest BCUT2D eigenvalue weighted by Crippen LogP contribution is 2.42. The van der Waals surface area contributed by atoms with Gasteiger partial charge < -0.3 is 36.7 Å². The summed E-state index contributed by atoms with van der Waals surface area (Å²) < 4.78 is 64.9. The van der Waals surface area contributed by atoms with Gasteiger partial charge >= 0.3 is 6.18 Å². The molecule has 5 aromatic rings. The van der Waals surface area contributed by atoms with E-state index in [9.17, 15) is 13.2 Å². The van der Waals surface area contributed by atoms with Crippen LogP contribution in [0.1, 0.15) is 30.4 Å². The maximum absolute atomic E-state index is 13.0. The molecule has 44 heavy (non-hydrogen) atoms. The Morgan fingerprint density at radius 2 is 1.86 bits per heavy atom. The minimum absolute atomic E-state index is 0. The van der Waals surface area contributed by atoms with Gasteiger partial charge in [-0.05, 0) is 72.7 Å². The second kappa shape index (κ2) is 12.2. The zero-order chi connectivity index (χ0) is 29.6. The molecule has 0 bridgehead atoms. The summed E-state index contributed by atoms with van der Waals surface area (Å²) >= 11 is 1.23. The largest absolute Gasteiger partial charge is 1.00 e. The molecule has 0 atom stereocenters. The number of hydrogen-bond acceptors (Lipinski definition) is 7. The van der Waals surface area contributed by atoms with Gasteiger partial charge in [0.15, 0.2) is 40.9 Å². The summed E-state index contributed by atoms with van der Waals surface area (Å²) in [4.78, 5) is 4.40. The zero-order valence-corrected chi connectivity index (χ0v) is 25.4. The van der Waals surface area contributed by atoms with Gasteiger partial charge in [0.05, 0.1) is 40.4 Å². The van der Waals surface area contributed by atoms with Crippen molar-refractivity contribution in [3.8, 4) is 34.3 Å². The Bertz CT molecular complexity index is 1850. The number of alkyl halides is 3. The molecule has 0 amide bonds. The quantitative estimate of drug-likeness (QED) is 0.190. The number of fused-ring (bicyclic) bond motifs is 6. The van der Waals surface area contributed by atoms with Gasteiger partial charge in [-0.3, -0.25) is 0 Å². The van der Waals surface area contributed by atoms with Crippen LogP contribution in [0.2, 0.25) is 0 Å². The minimum Gasteiger partial charge on any atom is -1.00 e. The van der Waals surface area contributed by atoms with E-state index < -0.39 is 11.7 Å². The van der Waals surface area contributed by atoms with Crippen LogP contribution in [0.25, 0.3) is 32.2 Å². The zero-order valence-electron chi connectivity index (χ0n) is 23.8. The lowest BCUT2D eigenvalue weighted by molar-refractivity contribution is -0.686. The third-order valence-corrected chi connectivity index (χ3v) is 8.83. The number of pyridine rings is 1. The smallest absolute Gasteiger partial charge is 0.416 e. The number of hydrogen-bond donors (Lipinski definition) is 1. The fourth-order valence-corrected chi connectivity index (χ4v) is 6.59. The average Bonchev–Trinajstić information content (AvgIpc) is 3.63. The van der Waals surface area contributed by atoms with Gasteiger partial charge in [-0.25, -0.2) is 4.98 Å². The number of aryl methyl sites for hydroxylation is 2. The SMILES string of the molecule is COc1ccc2cc3[n+](cc2c1OCCCCCNc1nc2ccc(C(F)(F)F)cc2s1)CCc1cc2c(cc1-3)OCO2.[Cl-]. The Labute approximate surface area is 261 Å². The number of nitrogens with one attached hydrogen (secondary N) is 1. The highest BCUT2D eigenvalue weighted by molar-refractivity contribution is 7.22. The van der Waals surface area contributed by atoms with Crippen LogP contribution < -0.4 is 41.2 Å². The molecule has 7 rings (SSSR count). The first-order valence-electron chi connectivity index (χ1n) is 14.2. The third-order valence-electron chi connectivity index (χ3n) is 7.86. The lowest BCUT2D eigenvalue weighted by Crippen LogP contribution is -3.00. The van der Waals surface area contributed by atoms with E-state index in [0.29, 0.717) is 34.2 Å². The van der Waals surface area contributed by atoms with Crippen LogP contribution in [0.3, 0.4) is 0 Å². The normalized spacial score (nSPS) is 13.4. The molecule has 230 valence electrons. The minimum atomic E-state index is -4.36. The van der Waals surface area contributed by atoms with E-state index in [2.05, 4.69) is 45.3 Å². The maximum Gasteiger partial charge on any atom is 0.416 e. The maximum atomic E-state index is 13.0. The molecular formula is C32H29ClF3N3O4S. The first-order valence-corrected chi connectivity index (χ1v) is 15.0. The van der Waals surface area contributed by atoms with Crippen molar-refractivity contribution in [2.24, 2.45) is 0 Å².